The number of methoxy groups -OCH3 is 2. The largest absolute Gasteiger partial charge is 0.383 e. The molecule has 0 fully saturated rings. The molecule has 0 unspecified atom stereocenters. The molecule has 0 aliphatic heterocycles. The number of sulfonamides is 1. The van der Waals surface area contributed by atoms with E-state index in [1.54, 1.807) is 13.0 Å². The summed E-state index contributed by atoms with van der Waals surface area (Å²) in [7, 11) is -0.721. The lowest BCUT2D eigenvalue weighted by Gasteiger charge is -2.21. The molecule has 1 aromatic carbocycles. The van der Waals surface area contributed by atoms with Crippen LogP contribution in [-0.2, 0) is 19.5 Å². The normalized spacial score (nSPS) is 11.7. The van der Waals surface area contributed by atoms with Crippen LogP contribution >= 0.6 is 0 Å². The highest BCUT2D eigenvalue weighted by Gasteiger charge is 2.24. The summed E-state index contributed by atoms with van der Waals surface area (Å²) >= 11 is 0. The number of rotatable bonds is 10. The van der Waals surface area contributed by atoms with Gasteiger partial charge in [0.2, 0.25) is 15.9 Å². The maximum atomic E-state index is 12.8. The first-order chi connectivity index (χ1) is 12.9. The summed E-state index contributed by atoms with van der Waals surface area (Å²) in [6.07, 6.45) is 0. The molecule has 27 heavy (non-hydrogen) atoms. The molecule has 0 saturated carbocycles. The van der Waals surface area contributed by atoms with Gasteiger partial charge in [-0.2, -0.15) is 4.31 Å². The van der Waals surface area contributed by atoms with Crippen molar-refractivity contribution in [3.8, 4) is 0 Å². The monoisotopic (exact) mass is 397 g/mol. The molecule has 2 aromatic rings. The number of carbonyl (C=O) groups excluding carboxylic acids is 1. The lowest BCUT2D eigenvalue weighted by molar-refractivity contribution is 0.102. The van der Waals surface area contributed by atoms with Crippen LogP contribution in [0, 0.1) is 6.92 Å². The molecule has 1 N–H and O–H groups in total. The van der Waals surface area contributed by atoms with Crippen molar-refractivity contribution in [1.29, 1.82) is 0 Å². The SMILES string of the molecule is COCCN(CCOC)S(=O)(=O)c1ccc(C(=O)Nc2cc(C)no2)cc1. The van der Waals surface area contributed by atoms with Crippen molar-refractivity contribution in [3.63, 3.8) is 0 Å². The Bertz CT molecular complexity index is 840. The van der Waals surface area contributed by atoms with E-state index < -0.39 is 15.9 Å². The molecule has 0 aliphatic rings. The average Bonchev–Trinajstić information content (AvgIpc) is 3.06. The van der Waals surface area contributed by atoms with E-state index in [2.05, 4.69) is 10.5 Å². The highest BCUT2D eigenvalue weighted by atomic mass is 32.2. The summed E-state index contributed by atoms with van der Waals surface area (Å²) in [5.74, 6) is -0.203. The van der Waals surface area contributed by atoms with Crippen molar-refractivity contribution in [2.75, 3.05) is 45.8 Å². The van der Waals surface area contributed by atoms with E-state index in [-0.39, 0.29) is 37.1 Å². The second-order valence-electron chi connectivity index (χ2n) is 5.70. The molecule has 0 radical (unpaired) electrons. The molecule has 1 amide bonds. The first-order valence-electron chi connectivity index (χ1n) is 8.21. The molecular formula is C17H23N3O6S. The number of anilines is 1. The van der Waals surface area contributed by atoms with E-state index in [1.165, 1.54) is 42.8 Å². The van der Waals surface area contributed by atoms with E-state index >= 15 is 0 Å². The van der Waals surface area contributed by atoms with Gasteiger partial charge in [0.25, 0.3) is 5.91 Å². The summed E-state index contributed by atoms with van der Waals surface area (Å²) < 4.78 is 41.8. The van der Waals surface area contributed by atoms with Gasteiger partial charge in [-0.1, -0.05) is 5.16 Å². The van der Waals surface area contributed by atoms with Gasteiger partial charge in [0.15, 0.2) is 0 Å². The highest BCUT2D eigenvalue weighted by molar-refractivity contribution is 7.89. The summed E-state index contributed by atoms with van der Waals surface area (Å²) in [5, 5.41) is 6.24. The fraction of sp³-hybridized carbons (Fsp3) is 0.412. The molecule has 0 bridgehead atoms. The zero-order valence-corrected chi connectivity index (χ0v) is 16.3. The molecule has 9 nitrogen and oxygen atoms in total. The Balaban J connectivity index is 2.14. The standard InChI is InChI=1S/C17H23N3O6S/c1-13-12-16(26-19-13)18-17(21)14-4-6-15(7-5-14)27(22,23)20(8-10-24-2)9-11-25-3/h4-7,12H,8-11H2,1-3H3,(H,18,21). The van der Waals surface area contributed by atoms with Crippen LogP contribution in [0.5, 0.6) is 0 Å². The Morgan fingerprint density at radius 3 is 2.22 bits per heavy atom. The van der Waals surface area contributed by atoms with Crippen LogP contribution in [0.2, 0.25) is 0 Å². The predicted octanol–water partition coefficient (Wildman–Crippen LogP) is 1.52. The number of hydrogen-bond donors (Lipinski definition) is 1. The Hall–Kier alpha value is -2.27. The maximum absolute atomic E-state index is 12.8. The number of hydrogen-bond acceptors (Lipinski definition) is 7. The molecule has 0 saturated heterocycles. The van der Waals surface area contributed by atoms with E-state index in [4.69, 9.17) is 14.0 Å². The third-order valence-electron chi connectivity index (χ3n) is 3.71. The predicted molar refractivity (Wildman–Crippen MR) is 98.1 cm³/mol. The number of ether oxygens (including phenoxy) is 2. The van der Waals surface area contributed by atoms with Gasteiger partial charge < -0.3 is 14.0 Å². The molecule has 0 spiro atoms. The quantitative estimate of drug-likeness (QED) is 0.647. The van der Waals surface area contributed by atoms with Crippen LogP contribution in [0.25, 0.3) is 0 Å². The molecule has 0 aliphatic carbocycles. The minimum atomic E-state index is -3.73. The number of aromatic nitrogens is 1. The van der Waals surface area contributed by atoms with Crippen molar-refractivity contribution in [2.45, 2.75) is 11.8 Å². The summed E-state index contributed by atoms with van der Waals surface area (Å²) in [4.78, 5) is 12.3. The summed E-state index contributed by atoms with van der Waals surface area (Å²) in [6.45, 7) is 2.67. The van der Waals surface area contributed by atoms with Crippen molar-refractivity contribution in [3.05, 3.63) is 41.6 Å². The van der Waals surface area contributed by atoms with Crippen molar-refractivity contribution in [2.24, 2.45) is 0 Å². The number of nitrogens with zero attached hydrogens (tertiary/aromatic N) is 2. The molecule has 1 aromatic heterocycles. The second-order valence-corrected chi connectivity index (χ2v) is 7.64. The molecule has 0 atom stereocenters. The second kappa shape index (κ2) is 9.60. The first-order valence-corrected chi connectivity index (χ1v) is 9.65. The van der Waals surface area contributed by atoms with Gasteiger partial charge >= 0.3 is 0 Å². The van der Waals surface area contributed by atoms with E-state index in [0.29, 0.717) is 11.3 Å². The molecule has 148 valence electrons. The van der Waals surface area contributed by atoms with E-state index in [9.17, 15) is 13.2 Å². The van der Waals surface area contributed by atoms with Crippen LogP contribution in [0.4, 0.5) is 5.88 Å². The van der Waals surface area contributed by atoms with Gasteiger partial charge in [-0.15, -0.1) is 0 Å². The van der Waals surface area contributed by atoms with E-state index in [0.717, 1.165) is 0 Å². The van der Waals surface area contributed by atoms with Crippen molar-refractivity contribution >= 4 is 21.8 Å². The van der Waals surface area contributed by atoms with Crippen molar-refractivity contribution < 1.29 is 27.2 Å². The van der Waals surface area contributed by atoms with Gasteiger partial charge in [0.05, 0.1) is 23.8 Å². The van der Waals surface area contributed by atoms with Gasteiger partial charge in [0.1, 0.15) is 0 Å². The summed E-state index contributed by atoms with van der Waals surface area (Å²) in [5.41, 5.74) is 0.933. The fourth-order valence-corrected chi connectivity index (χ4v) is 3.68. The molecule has 1 heterocycles. The van der Waals surface area contributed by atoms with Crippen LogP contribution in [0.15, 0.2) is 39.8 Å². The topological polar surface area (TPSA) is 111 Å². The Morgan fingerprint density at radius 1 is 1.15 bits per heavy atom. The van der Waals surface area contributed by atoms with Crippen LogP contribution in [-0.4, -0.2) is 64.3 Å². The number of carbonyl (C=O) groups is 1. The minimum Gasteiger partial charge on any atom is -0.383 e. The van der Waals surface area contributed by atoms with Crippen LogP contribution in [0.1, 0.15) is 16.1 Å². The van der Waals surface area contributed by atoms with Gasteiger partial charge in [-0.05, 0) is 31.2 Å². The number of benzene rings is 1. The summed E-state index contributed by atoms with van der Waals surface area (Å²) in [6, 6.07) is 7.25. The Kier molecular flexibility index (Phi) is 7.48. The minimum absolute atomic E-state index is 0.0850. The van der Waals surface area contributed by atoms with Crippen molar-refractivity contribution in [1.82, 2.24) is 9.46 Å². The molecule has 2 rings (SSSR count). The van der Waals surface area contributed by atoms with Crippen LogP contribution in [0.3, 0.4) is 0 Å². The zero-order chi connectivity index (χ0) is 19.9. The zero-order valence-electron chi connectivity index (χ0n) is 15.5. The molecular weight excluding hydrogens is 374 g/mol. The van der Waals surface area contributed by atoms with E-state index in [1.807, 2.05) is 0 Å². The van der Waals surface area contributed by atoms with Gasteiger partial charge in [-0.3, -0.25) is 10.1 Å². The third-order valence-corrected chi connectivity index (χ3v) is 5.62. The lowest BCUT2D eigenvalue weighted by Crippen LogP contribution is -2.36. The van der Waals surface area contributed by atoms with Crippen LogP contribution < -0.4 is 5.32 Å². The number of aryl methyl sites for hydroxylation is 1. The molecule has 10 heteroatoms. The maximum Gasteiger partial charge on any atom is 0.258 e. The Morgan fingerprint density at radius 2 is 1.74 bits per heavy atom. The Labute approximate surface area is 158 Å². The lowest BCUT2D eigenvalue weighted by atomic mass is 10.2. The van der Waals surface area contributed by atoms with Gasteiger partial charge in [-0.25, -0.2) is 8.42 Å². The fourth-order valence-electron chi connectivity index (χ4n) is 2.27. The number of amides is 1. The number of nitrogens with one attached hydrogen (secondary N) is 1. The van der Waals surface area contributed by atoms with Gasteiger partial charge in [0, 0.05) is 38.9 Å². The first kappa shape index (κ1) is 21.0. The highest BCUT2D eigenvalue weighted by Crippen LogP contribution is 2.17. The average molecular weight is 397 g/mol. The third kappa shape index (κ3) is 5.60. The smallest absolute Gasteiger partial charge is 0.258 e.